The molecule has 5 nitrogen and oxygen atoms in total. The number of aromatic nitrogens is 2. The zero-order valence-electron chi connectivity index (χ0n) is 15.2. The summed E-state index contributed by atoms with van der Waals surface area (Å²) in [6.45, 7) is 4.44. The second-order valence-electron chi connectivity index (χ2n) is 7.45. The lowest BCUT2D eigenvalue weighted by atomic mass is 9.71. The van der Waals surface area contributed by atoms with Crippen LogP contribution in [0.2, 0.25) is 0 Å². The van der Waals surface area contributed by atoms with E-state index in [2.05, 4.69) is 14.5 Å². The predicted molar refractivity (Wildman–Crippen MR) is 105 cm³/mol. The van der Waals surface area contributed by atoms with Crippen LogP contribution in [0.15, 0.2) is 12.4 Å². The molecule has 0 aromatic carbocycles. The molecule has 1 aliphatic carbocycles. The Morgan fingerprint density at radius 1 is 1.28 bits per heavy atom. The third-order valence-electron chi connectivity index (χ3n) is 5.90. The first-order valence-corrected chi connectivity index (χ1v) is 9.11. The maximum atomic E-state index is 12.9. The molecule has 2 heterocycles. The summed E-state index contributed by atoms with van der Waals surface area (Å²) >= 11 is 0. The second-order valence-corrected chi connectivity index (χ2v) is 7.45. The van der Waals surface area contributed by atoms with Crippen LogP contribution in [0, 0.1) is 12.3 Å². The fourth-order valence-corrected chi connectivity index (χ4v) is 4.35. The molecule has 0 bridgehead atoms. The predicted octanol–water partition coefficient (Wildman–Crippen LogP) is 3.33. The van der Waals surface area contributed by atoms with Gasteiger partial charge in [0.25, 0.3) is 0 Å². The van der Waals surface area contributed by atoms with Crippen molar-refractivity contribution in [2.24, 2.45) is 11.1 Å². The van der Waals surface area contributed by atoms with Crippen LogP contribution in [0.3, 0.4) is 0 Å². The molecular weight excluding hydrogens is 359 g/mol. The van der Waals surface area contributed by atoms with Crippen molar-refractivity contribution < 1.29 is 4.79 Å². The van der Waals surface area contributed by atoms with Gasteiger partial charge in [-0.15, -0.1) is 24.8 Å². The Kier molecular flexibility index (Phi) is 8.72. The highest BCUT2D eigenvalue weighted by Gasteiger charge is 2.37. The molecule has 1 aromatic rings. The van der Waals surface area contributed by atoms with Gasteiger partial charge in [0.2, 0.25) is 5.91 Å². The first-order chi connectivity index (χ1) is 11.1. The Balaban J connectivity index is 0.00000156. The van der Waals surface area contributed by atoms with E-state index >= 15 is 0 Å². The topological polar surface area (TPSA) is 64.2 Å². The summed E-state index contributed by atoms with van der Waals surface area (Å²) in [6, 6.07) is 0.314. The number of hydrogen-bond donors (Lipinski definition) is 1. The van der Waals surface area contributed by atoms with Crippen molar-refractivity contribution in [3.63, 3.8) is 0 Å². The maximum Gasteiger partial charge on any atom is 0.223 e. The Labute approximate surface area is 163 Å². The van der Waals surface area contributed by atoms with Crippen LogP contribution >= 0.6 is 24.8 Å². The first-order valence-electron chi connectivity index (χ1n) is 9.11. The average molecular weight is 391 g/mol. The van der Waals surface area contributed by atoms with Crippen LogP contribution in [0.5, 0.6) is 0 Å². The molecule has 144 valence electrons. The van der Waals surface area contributed by atoms with E-state index in [9.17, 15) is 4.79 Å². The zero-order chi connectivity index (χ0) is 16.3. The minimum absolute atomic E-state index is 0. The van der Waals surface area contributed by atoms with Crippen molar-refractivity contribution in [3.8, 4) is 0 Å². The van der Waals surface area contributed by atoms with Crippen molar-refractivity contribution in [1.82, 2.24) is 14.5 Å². The van der Waals surface area contributed by atoms with Gasteiger partial charge < -0.3 is 15.2 Å². The van der Waals surface area contributed by atoms with Gasteiger partial charge in [0.05, 0.1) is 0 Å². The van der Waals surface area contributed by atoms with E-state index in [0.29, 0.717) is 24.9 Å². The zero-order valence-corrected chi connectivity index (χ0v) is 16.8. The SMILES string of the molecule is Cc1nccn1CC1CCCN1C(=O)CC1(CN)CCCCC1.Cl.Cl. The third kappa shape index (κ3) is 5.11. The van der Waals surface area contributed by atoms with Crippen LogP contribution in [-0.2, 0) is 11.3 Å². The molecule has 1 saturated heterocycles. The van der Waals surface area contributed by atoms with Crippen LogP contribution in [0.1, 0.15) is 57.2 Å². The number of rotatable bonds is 5. The van der Waals surface area contributed by atoms with Gasteiger partial charge >= 0.3 is 0 Å². The van der Waals surface area contributed by atoms with E-state index in [1.165, 1.54) is 19.3 Å². The molecule has 25 heavy (non-hydrogen) atoms. The number of likely N-dealkylation sites (tertiary alicyclic amines) is 1. The number of hydrogen-bond acceptors (Lipinski definition) is 3. The number of imidazole rings is 1. The van der Waals surface area contributed by atoms with E-state index in [1.807, 2.05) is 19.3 Å². The molecule has 3 rings (SSSR count). The normalized spacial score (nSPS) is 22.2. The van der Waals surface area contributed by atoms with Gasteiger partial charge in [-0.1, -0.05) is 19.3 Å². The van der Waals surface area contributed by atoms with Gasteiger partial charge in [0.1, 0.15) is 5.82 Å². The van der Waals surface area contributed by atoms with Gasteiger partial charge in [-0.2, -0.15) is 0 Å². The van der Waals surface area contributed by atoms with Crippen molar-refractivity contribution in [2.75, 3.05) is 13.1 Å². The van der Waals surface area contributed by atoms with Crippen molar-refractivity contribution in [3.05, 3.63) is 18.2 Å². The summed E-state index contributed by atoms with van der Waals surface area (Å²) in [4.78, 5) is 19.4. The van der Waals surface area contributed by atoms with Gasteiger partial charge in [-0.3, -0.25) is 4.79 Å². The summed E-state index contributed by atoms with van der Waals surface area (Å²) < 4.78 is 2.16. The third-order valence-corrected chi connectivity index (χ3v) is 5.90. The van der Waals surface area contributed by atoms with E-state index in [0.717, 1.165) is 44.6 Å². The number of halogens is 2. The lowest BCUT2D eigenvalue weighted by Crippen LogP contribution is -2.43. The smallest absolute Gasteiger partial charge is 0.223 e. The molecule has 1 unspecified atom stereocenters. The highest BCUT2D eigenvalue weighted by molar-refractivity contribution is 5.85. The Morgan fingerprint density at radius 2 is 2.00 bits per heavy atom. The van der Waals surface area contributed by atoms with Gasteiger partial charge in [-0.05, 0) is 44.6 Å². The van der Waals surface area contributed by atoms with Crippen molar-refractivity contribution >= 4 is 30.7 Å². The Hall–Kier alpha value is -0.780. The largest absolute Gasteiger partial charge is 0.338 e. The summed E-state index contributed by atoms with van der Waals surface area (Å²) in [5.74, 6) is 1.34. The van der Waals surface area contributed by atoms with Crippen LogP contribution in [0.25, 0.3) is 0 Å². The first kappa shape index (κ1) is 22.3. The van der Waals surface area contributed by atoms with Crippen LogP contribution in [0.4, 0.5) is 0 Å². The van der Waals surface area contributed by atoms with Crippen molar-refractivity contribution in [2.45, 2.75) is 70.9 Å². The highest BCUT2D eigenvalue weighted by atomic mass is 35.5. The molecule has 2 N–H and O–H groups in total. The number of nitrogens with two attached hydrogens (primary N) is 1. The summed E-state index contributed by atoms with van der Waals surface area (Å²) in [6.07, 6.45) is 12.7. The molecular formula is C18H32Cl2N4O. The highest BCUT2D eigenvalue weighted by Crippen LogP contribution is 2.39. The molecule has 7 heteroatoms. The van der Waals surface area contributed by atoms with E-state index in [1.54, 1.807) is 0 Å². The minimum atomic E-state index is 0. The number of aryl methyl sites for hydroxylation is 1. The van der Waals surface area contributed by atoms with Crippen LogP contribution < -0.4 is 5.73 Å². The molecule has 2 fully saturated rings. The average Bonchev–Trinajstić information content (AvgIpc) is 3.18. The standard InChI is InChI=1S/C18H30N4O.2ClH/c1-15-20-9-11-21(15)13-16-6-5-10-22(16)17(23)12-18(14-19)7-3-2-4-8-18;;/h9,11,16H,2-8,10,12-14,19H2,1H3;2*1H. The molecule has 0 spiro atoms. The molecule has 1 aromatic heterocycles. The molecule has 1 aliphatic heterocycles. The van der Waals surface area contributed by atoms with E-state index < -0.39 is 0 Å². The second kappa shape index (κ2) is 9.79. The molecule has 2 aliphatic rings. The van der Waals surface area contributed by atoms with Gasteiger partial charge in [0, 0.05) is 37.9 Å². The van der Waals surface area contributed by atoms with Crippen molar-refractivity contribution in [1.29, 1.82) is 0 Å². The number of carbonyl (C=O) groups is 1. The van der Waals surface area contributed by atoms with E-state index in [4.69, 9.17) is 5.73 Å². The molecule has 0 radical (unpaired) electrons. The van der Waals surface area contributed by atoms with Gasteiger partial charge in [0.15, 0.2) is 0 Å². The van der Waals surface area contributed by atoms with Crippen LogP contribution in [-0.4, -0.2) is 39.5 Å². The summed E-state index contributed by atoms with van der Waals surface area (Å²) in [5, 5.41) is 0. The molecule has 1 atom stereocenters. The van der Waals surface area contributed by atoms with Gasteiger partial charge in [-0.25, -0.2) is 4.98 Å². The molecule has 1 saturated carbocycles. The quantitative estimate of drug-likeness (QED) is 0.838. The van der Waals surface area contributed by atoms with E-state index in [-0.39, 0.29) is 30.2 Å². The monoisotopic (exact) mass is 390 g/mol. The Morgan fingerprint density at radius 3 is 2.60 bits per heavy atom. The fourth-order valence-electron chi connectivity index (χ4n) is 4.35. The lowest BCUT2D eigenvalue weighted by molar-refractivity contribution is -0.135. The lowest BCUT2D eigenvalue weighted by Gasteiger charge is -2.37. The number of amides is 1. The fraction of sp³-hybridized carbons (Fsp3) is 0.778. The summed E-state index contributed by atoms with van der Waals surface area (Å²) in [7, 11) is 0. The Bertz CT molecular complexity index is 543. The maximum absolute atomic E-state index is 12.9. The number of nitrogens with zero attached hydrogens (tertiary/aromatic N) is 3. The summed E-state index contributed by atoms with van der Waals surface area (Å²) in [5.41, 5.74) is 6.13. The molecule has 1 amide bonds. The minimum Gasteiger partial charge on any atom is -0.338 e. The number of carbonyl (C=O) groups excluding carboxylic acids is 1.